The number of carbonyl (C=O) groups excluding carboxylic acids is 1. The first kappa shape index (κ1) is 15.7. The fourth-order valence-corrected chi connectivity index (χ4v) is 2.88. The van der Waals surface area contributed by atoms with Crippen LogP contribution < -0.4 is 5.32 Å². The SMILES string of the molecule is CN(C)CCn1cc(NC(=O)c2ccn(C3CCCC3)n2)cn1. The summed E-state index contributed by atoms with van der Waals surface area (Å²) in [5.41, 5.74) is 1.15. The Morgan fingerprint density at radius 2 is 2.17 bits per heavy atom. The Labute approximate surface area is 136 Å². The van der Waals surface area contributed by atoms with E-state index < -0.39 is 0 Å². The zero-order chi connectivity index (χ0) is 16.2. The topological polar surface area (TPSA) is 68.0 Å². The highest BCUT2D eigenvalue weighted by Crippen LogP contribution is 2.28. The maximum atomic E-state index is 12.3. The van der Waals surface area contributed by atoms with Crippen LogP contribution in [0.5, 0.6) is 0 Å². The Morgan fingerprint density at radius 1 is 1.39 bits per heavy atom. The molecule has 0 spiro atoms. The molecule has 23 heavy (non-hydrogen) atoms. The first-order chi connectivity index (χ1) is 11.1. The van der Waals surface area contributed by atoms with Crippen LogP contribution in [0.3, 0.4) is 0 Å². The molecule has 7 nitrogen and oxygen atoms in total. The predicted molar refractivity (Wildman–Crippen MR) is 88.5 cm³/mol. The van der Waals surface area contributed by atoms with E-state index in [1.807, 2.05) is 35.9 Å². The van der Waals surface area contributed by atoms with Gasteiger partial charge in [-0.15, -0.1) is 0 Å². The number of nitrogens with one attached hydrogen (secondary N) is 1. The van der Waals surface area contributed by atoms with Gasteiger partial charge in [-0.25, -0.2) is 0 Å². The van der Waals surface area contributed by atoms with Crippen LogP contribution in [0, 0.1) is 0 Å². The van der Waals surface area contributed by atoms with E-state index in [-0.39, 0.29) is 5.91 Å². The normalized spacial score (nSPS) is 15.4. The summed E-state index contributed by atoms with van der Waals surface area (Å²) in [6.07, 6.45) is 10.2. The molecule has 0 unspecified atom stereocenters. The standard InChI is InChI=1S/C16H24N6O/c1-20(2)9-10-21-12-13(11-17-21)18-16(23)15-7-8-22(19-15)14-5-3-4-6-14/h7-8,11-12,14H,3-6,9-10H2,1-2H3,(H,18,23). The van der Waals surface area contributed by atoms with Gasteiger partial charge in [-0.2, -0.15) is 10.2 Å². The van der Waals surface area contributed by atoms with Gasteiger partial charge < -0.3 is 10.2 Å². The molecule has 1 amide bonds. The summed E-state index contributed by atoms with van der Waals surface area (Å²) in [6, 6.07) is 2.23. The van der Waals surface area contributed by atoms with Gasteiger partial charge in [0.25, 0.3) is 5.91 Å². The molecule has 1 aliphatic carbocycles. The maximum absolute atomic E-state index is 12.3. The van der Waals surface area contributed by atoms with E-state index in [9.17, 15) is 4.79 Å². The second kappa shape index (κ2) is 6.95. The van der Waals surface area contributed by atoms with Crippen LogP contribution >= 0.6 is 0 Å². The largest absolute Gasteiger partial charge is 0.318 e. The maximum Gasteiger partial charge on any atom is 0.276 e. The van der Waals surface area contributed by atoms with Crippen LogP contribution in [0.2, 0.25) is 0 Å². The van der Waals surface area contributed by atoms with Gasteiger partial charge in [0.15, 0.2) is 5.69 Å². The summed E-state index contributed by atoms with van der Waals surface area (Å²) < 4.78 is 3.76. The van der Waals surface area contributed by atoms with Crippen LogP contribution in [0.4, 0.5) is 5.69 Å². The molecule has 0 aromatic carbocycles. The van der Waals surface area contributed by atoms with Crippen LogP contribution in [0.1, 0.15) is 42.2 Å². The third-order valence-corrected chi connectivity index (χ3v) is 4.21. The number of hydrogen-bond acceptors (Lipinski definition) is 4. The lowest BCUT2D eigenvalue weighted by Crippen LogP contribution is -2.18. The van der Waals surface area contributed by atoms with Crippen molar-refractivity contribution in [1.82, 2.24) is 24.5 Å². The molecule has 1 saturated carbocycles. The van der Waals surface area contributed by atoms with Gasteiger partial charge in [-0.1, -0.05) is 12.8 Å². The Morgan fingerprint density at radius 3 is 2.91 bits per heavy atom. The Bertz CT molecular complexity index is 653. The van der Waals surface area contributed by atoms with Gasteiger partial charge in [0, 0.05) is 18.9 Å². The molecule has 0 saturated heterocycles. The van der Waals surface area contributed by atoms with Gasteiger partial charge in [0.2, 0.25) is 0 Å². The molecule has 2 aromatic rings. The van der Waals surface area contributed by atoms with Gasteiger partial charge in [0.05, 0.1) is 24.5 Å². The summed E-state index contributed by atoms with van der Waals surface area (Å²) >= 11 is 0. The van der Waals surface area contributed by atoms with Crippen molar-refractivity contribution in [2.75, 3.05) is 26.0 Å². The third kappa shape index (κ3) is 3.98. The molecule has 3 rings (SSSR count). The van der Waals surface area contributed by atoms with E-state index >= 15 is 0 Å². The fraction of sp³-hybridized carbons (Fsp3) is 0.562. The average Bonchev–Trinajstić information content (AvgIpc) is 3.25. The zero-order valence-electron chi connectivity index (χ0n) is 13.8. The molecule has 1 fully saturated rings. The highest BCUT2D eigenvalue weighted by atomic mass is 16.2. The average molecular weight is 316 g/mol. The number of aromatic nitrogens is 4. The number of amides is 1. The lowest BCUT2D eigenvalue weighted by molar-refractivity contribution is 0.102. The summed E-state index contributed by atoms with van der Waals surface area (Å²) in [5.74, 6) is -0.186. The van der Waals surface area contributed by atoms with E-state index in [4.69, 9.17) is 0 Å². The quantitative estimate of drug-likeness (QED) is 0.885. The van der Waals surface area contributed by atoms with E-state index in [0.29, 0.717) is 17.4 Å². The lowest BCUT2D eigenvalue weighted by Gasteiger charge is -2.09. The van der Waals surface area contributed by atoms with Crippen LogP contribution in [0.15, 0.2) is 24.7 Å². The van der Waals surface area contributed by atoms with Gasteiger partial charge >= 0.3 is 0 Å². The van der Waals surface area contributed by atoms with Crippen molar-refractivity contribution >= 4 is 11.6 Å². The van der Waals surface area contributed by atoms with Crippen molar-refractivity contribution in [3.63, 3.8) is 0 Å². The Hall–Kier alpha value is -2.15. The van der Waals surface area contributed by atoms with E-state index in [1.54, 1.807) is 12.3 Å². The molecule has 2 aromatic heterocycles. The van der Waals surface area contributed by atoms with Gasteiger partial charge in [-0.3, -0.25) is 14.2 Å². The number of carbonyl (C=O) groups is 1. The minimum Gasteiger partial charge on any atom is -0.318 e. The Kier molecular flexibility index (Phi) is 4.76. The van der Waals surface area contributed by atoms with Crippen molar-refractivity contribution < 1.29 is 4.79 Å². The monoisotopic (exact) mass is 316 g/mol. The number of likely N-dealkylation sites (N-methyl/N-ethyl adjacent to an activating group) is 1. The zero-order valence-corrected chi connectivity index (χ0v) is 13.8. The molecule has 124 valence electrons. The second-order valence-corrected chi connectivity index (χ2v) is 6.37. The fourth-order valence-electron chi connectivity index (χ4n) is 2.88. The summed E-state index contributed by atoms with van der Waals surface area (Å²) in [6.45, 7) is 1.69. The number of hydrogen-bond donors (Lipinski definition) is 1. The Balaban J connectivity index is 1.58. The highest BCUT2D eigenvalue weighted by molar-refractivity contribution is 6.02. The van der Waals surface area contributed by atoms with Crippen molar-refractivity contribution in [1.29, 1.82) is 0 Å². The summed E-state index contributed by atoms with van der Waals surface area (Å²) in [7, 11) is 4.04. The van der Waals surface area contributed by atoms with E-state index in [1.165, 1.54) is 12.8 Å². The number of rotatable bonds is 6. The van der Waals surface area contributed by atoms with E-state index in [0.717, 1.165) is 25.9 Å². The van der Waals surface area contributed by atoms with Crippen molar-refractivity contribution in [3.05, 3.63) is 30.4 Å². The molecule has 1 N–H and O–H groups in total. The van der Waals surface area contributed by atoms with Gasteiger partial charge in [0.1, 0.15) is 0 Å². The smallest absolute Gasteiger partial charge is 0.276 e. The summed E-state index contributed by atoms with van der Waals surface area (Å²) in [5, 5.41) is 11.5. The van der Waals surface area contributed by atoms with Crippen molar-refractivity contribution in [3.8, 4) is 0 Å². The number of nitrogens with zero attached hydrogens (tertiary/aromatic N) is 5. The van der Waals surface area contributed by atoms with Crippen LogP contribution in [0.25, 0.3) is 0 Å². The van der Waals surface area contributed by atoms with Gasteiger partial charge in [-0.05, 0) is 33.0 Å². The lowest BCUT2D eigenvalue weighted by atomic mass is 10.3. The van der Waals surface area contributed by atoms with Crippen LogP contribution in [-0.2, 0) is 6.54 Å². The third-order valence-electron chi connectivity index (χ3n) is 4.21. The van der Waals surface area contributed by atoms with Crippen molar-refractivity contribution in [2.45, 2.75) is 38.3 Å². The molecule has 0 aliphatic heterocycles. The first-order valence-corrected chi connectivity index (χ1v) is 8.15. The molecule has 0 atom stereocenters. The molecule has 2 heterocycles. The minimum absolute atomic E-state index is 0.186. The molecule has 7 heteroatoms. The number of anilines is 1. The summed E-state index contributed by atoms with van der Waals surface area (Å²) in [4.78, 5) is 14.4. The predicted octanol–water partition coefficient (Wildman–Crippen LogP) is 2.01. The second-order valence-electron chi connectivity index (χ2n) is 6.37. The molecular formula is C16H24N6O. The molecule has 0 bridgehead atoms. The first-order valence-electron chi connectivity index (χ1n) is 8.15. The molecule has 1 aliphatic rings. The minimum atomic E-state index is -0.186. The molecular weight excluding hydrogens is 292 g/mol. The van der Waals surface area contributed by atoms with Crippen molar-refractivity contribution in [2.24, 2.45) is 0 Å². The van der Waals surface area contributed by atoms with Crippen LogP contribution in [-0.4, -0.2) is 51.0 Å². The molecule has 0 radical (unpaired) electrons. The highest BCUT2D eigenvalue weighted by Gasteiger charge is 2.19. The van der Waals surface area contributed by atoms with E-state index in [2.05, 4.69) is 20.4 Å².